The van der Waals surface area contributed by atoms with E-state index in [2.05, 4.69) is 10.2 Å². The predicted molar refractivity (Wildman–Crippen MR) is 83.0 cm³/mol. The quantitative estimate of drug-likeness (QED) is 0.833. The van der Waals surface area contributed by atoms with Crippen LogP contribution in [0.1, 0.15) is 22.5 Å². The van der Waals surface area contributed by atoms with Crippen LogP contribution in [0.4, 0.5) is 0 Å². The molecule has 1 saturated heterocycles. The van der Waals surface area contributed by atoms with Gasteiger partial charge in [0.25, 0.3) is 5.91 Å². The number of halogens is 1. The molecule has 0 radical (unpaired) electrons. The monoisotopic (exact) mass is 317 g/mol. The summed E-state index contributed by atoms with van der Waals surface area (Å²) in [7, 11) is 0. The number of nitrogens with zero attached hydrogens (tertiary/aromatic N) is 1. The zero-order valence-electron chi connectivity index (χ0n) is 10.4. The third-order valence-electron chi connectivity index (χ3n) is 3.13. The summed E-state index contributed by atoms with van der Waals surface area (Å²) in [5.74, 6) is -0.0761. The molecule has 0 saturated carbocycles. The maximum atomic E-state index is 12.0. The molecule has 7 heteroatoms. The lowest BCUT2D eigenvalue weighted by Gasteiger charge is -2.31. The van der Waals surface area contributed by atoms with Crippen LogP contribution < -0.4 is 11.1 Å². The average molecular weight is 318 g/mol. The number of thiocarbonyl (C=S) groups is 1. The van der Waals surface area contributed by atoms with E-state index in [9.17, 15) is 4.79 Å². The van der Waals surface area contributed by atoms with Gasteiger partial charge in [-0.1, -0.05) is 23.8 Å². The van der Waals surface area contributed by atoms with Crippen molar-refractivity contribution in [3.63, 3.8) is 0 Å². The number of carbonyl (C=O) groups excluding carboxylic acids is 1. The molecule has 4 nitrogen and oxygen atoms in total. The van der Waals surface area contributed by atoms with Crippen molar-refractivity contribution in [2.24, 2.45) is 5.73 Å². The van der Waals surface area contributed by atoms with E-state index in [0.29, 0.717) is 21.4 Å². The molecule has 1 aliphatic heterocycles. The minimum atomic E-state index is -0.0761. The number of hydrogen-bond donors (Lipinski definition) is 2. The second kappa shape index (κ2) is 6.65. The zero-order chi connectivity index (χ0) is 13.8. The van der Waals surface area contributed by atoms with Gasteiger partial charge in [0.15, 0.2) is 0 Å². The van der Waals surface area contributed by atoms with Crippen LogP contribution in [0, 0.1) is 0 Å². The van der Waals surface area contributed by atoms with E-state index in [1.165, 1.54) is 11.3 Å². The molecular formula is C12H16ClN3OS2. The number of piperidine rings is 1. The van der Waals surface area contributed by atoms with Crippen molar-refractivity contribution in [1.29, 1.82) is 0 Å². The second-order valence-electron chi connectivity index (χ2n) is 4.59. The van der Waals surface area contributed by atoms with E-state index in [1.807, 2.05) is 5.38 Å². The summed E-state index contributed by atoms with van der Waals surface area (Å²) >= 11 is 12.2. The SMILES string of the molecule is NC(=S)CN1CCC(NC(=O)c2sccc2Cl)CC1. The minimum absolute atomic E-state index is 0.0761. The Morgan fingerprint density at radius 2 is 2.26 bits per heavy atom. The molecule has 19 heavy (non-hydrogen) atoms. The Morgan fingerprint density at radius 3 is 2.79 bits per heavy atom. The van der Waals surface area contributed by atoms with Gasteiger partial charge >= 0.3 is 0 Å². The highest BCUT2D eigenvalue weighted by Crippen LogP contribution is 2.22. The molecule has 0 aromatic carbocycles. The van der Waals surface area contributed by atoms with Crippen molar-refractivity contribution in [3.8, 4) is 0 Å². The third-order valence-corrected chi connectivity index (χ3v) is 4.59. The summed E-state index contributed by atoms with van der Waals surface area (Å²) in [5.41, 5.74) is 5.53. The van der Waals surface area contributed by atoms with Gasteiger partial charge in [0.05, 0.1) is 10.0 Å². The van der Waals surface area contributed by atoms with Gasteiger partial charge in [-0.15, -0.1) is 11.3 Å². The van der Waals surface area contributed by atoms with Gasteiger partial charge in [-0.3, -0.25) is 9.69 Å². The molecule has 0 aliphatic carbocycles. The Kier molecular flexibility index (Phi) is 5.15. The summed E-state index contributed by atoms with van der Waals surface area (Å²) in [4.78, 5) is 15.3. The normalized spacial score (nSPS) is 17.3. The molecular weight excluding hydrogens is 302 g/mol. The Labute approximate surface area is 126 Å². The molecule has 0 unspecified atom stereocenters. The van der Waals surface area contributed by atoms with Crippen LogP contribution in [0.15, 0.2) is 11.4 Å². The van der Waals surface area contributed by atoms with E-state index in [0.717, 1.165) is 25.9 Å². The van der Waals surface area contributed by atoms with Crippen LogP contribution in [0.2, 0.25) is 5.02 Å². The average Bonchev–Trinajstić information content (AvgIpc) is 2.77. The van der Waals surface area contributed by atoms with E-state index < -0.39 is 0 Å². The Balaban J connectivity index is 1.81. The number of likely N-dealkylation sites (tertiary alicyclic amines) is 1. The fourth-order valence-corrected chi connectivity index (χ4v) is 3.39. The van der Waals surface area contributed by atoms with Crippen molar-refractivity contribution in [1.82, 2.24) is 10.2 Å². The molecule has 1 aromatic rings. The molecule has 0 spiro atoms. The highest BCUT2D eigenvalue weighted by molar-refractivity contribution is 7.80. The molecule has 3 N–H and O–H groups in total. The number of amides is 1. The number of nitrogens with two attached hydrogens (primary N) is 1. The smallest absolute Gasteiger partial charge is 0.263 e. The first-order valence-electron chi connectivity index (χ1n) is 6.11. The molecule has 1 amide bonds. The lowest BCUT2D eigenvalue weighted by atomic mass is 10.0. The maximum Gasteiger partial charge on any atom is 0.263 e. The molecule has 0 atom stereocenters. The van der Waals surface area contributed by atoms with Gasteiger partial charge in [-0.05, 0) is 24.3 Å². The summed E-state index contributed by atoms with van der Waals surface area (Å²) in [6.07, 6.45) is 1.83. The summed E-state index contributed by atoms with van der Waals surface area (Å²) in [6.45, 7) is 2.47. The van der Waals surface area contributed by atoms with Gasteiger partial charge in [0.2, 0.25) is 0 Å². The standard InChI is InChI=1S/C12H16ClN3OS2/c13-9-3-6-19-11(9)12(17)15-8-1-4-16(5-2-8)7-10(14)18/h3,6,8H,1-2,4-5,7H2,(H2,14,18)(H,15,17). The van der Waals surface area contributed by atoms with Crippen LogP contribution in [-0.4, -0.2) is 41.5 Å². The fourth-order valence-electron chi connectivity index (χ4n) is 2.16. The fraction of sp³-hybridized carbons (Fsp3) is 0.500. The van der Waals surface area contributed by atoms with Gasteiger partial charge in [0.1, 0.15) is 4.88 Å². The molecule has 104 valence electrons. The first-order valence-corrected chi connectivity index (χ1v) is 7.77. The number of hydrogen-bond acceptors (Lipinski definition) is 4. The Bertz CT molecular complexity index is 469. The molecule has 1 aliphatic rings. The first-order chi connectivity index (χ1) is 9.06. The van der Waals surface area contributed by atoms with Crippen molar-refractivity contribution in [3.05, 3.63) is 21.3 Å². The van der Waals surface area contributed by atoms with E-state index in [1.54, 1.807) is 6.07 Å². The molecule has 1 fully saturated rings. The third kappa shape index (κ3) is 4.14. The molecule has 2 rings (SSSR count). The van der Waals surface area contributed by atoms with Gasteiger partial charge in [-0.2, -0.15) is 0 Å². The minimum Gasteiger partial charge on any atom is -0.392 e. The maximum absolute atomic E-state index is 12.0. The van der Waals surface area contributed by atoms with Gasteiger partial charge in [-0.25, -0.2) is 0 Å². The zero-order valence-corrected chi connectivity index (χ0v) is 12.8. The van der Waals surface area contributed by atoms with Crippen molar-refractivity contribution < 1.29 is 4.79 Å². The van der Waals surface area contributed by atoms with Crippen LogP contribution in [-0.2, 0) is 0 Å². The Morgan fingerprint density at radius 1 is 1.58 bits per heavy atom. The summed E-state index contributed by atoms with van der Waals surface area (Å²) in [6, 6.07) is 1.94. The van der Waals surface area contributed by atoms with Crippen molar-refractivity contribution in [2.45, 2.75) is 18.9 Å². The van der Waals surface area contributed by atoms with E-state index in [-0.39, 0.29) is 11.9 Å². The van der Waals surface area contributed by atoms with Crippen LogP contribution in [0.3, 0.4) is 0 Å². The highest BCUT2D eigenvalue weighted by Gasteiger charge is 2.22. The van der Waals surface area contributed by atoms with E-state index in [4.69, 9.17) is 29.6 Å². The number of thiophene rings is 1. The lowest BCUT2D eigenvalue weighted by Crippen LogP contribution is -2.46. The molecule has 2 heterocycles. The van der Waals surface area contributed by atoms with Crippen molar-refractivity contribution in [2.75, 3.05) is 19.6 Å². The predicted octanol–water partition coefficient (Wildman–Crippen LogP) is 1.88. The van der Waals surface area contributed by atoms with Gasteiger partial charge in [0, 0.05) is 25.7 Å². The van der Waals surface area contributed by atoms with E-state index >= 15 is 0 Å². The second-order valence-corrected chi connectivity index (χ2v) is 6.44. The Hall–Kier alpha value is -0.690. The van der Waals surface area contributed by atoms with Crippen LogP contribution in [0.25, 0.3) is 0 Å². The number of nitrogens with one attached hydrogen (secondary N) is 1. The van der Waals surface area contributed by atoms with Gasteiger partial charge < -0.3 is 11.1 Å². The number of rotatable bonds is 4. The van der Waals surface area contributed by atoms with Crippen molar-refractivity contribution >= 4 is 46.1 Å². The first kappa shape index (κ1) is 14.7. The largest absolute Gasteiger partial charge is 0.392 e. The summed E-state index contributed by atoms with van der Waals surface area (Å²) < 4.78 is 0. The topological polar surface area (TPSA) is 58.4 Å². The molecule has 0 bridgehead atoms. The number of carbonyl (C=O) groups is 1. The van der Waals surface area contributed by atoms with Crippen LogP contribution >= 0.6 is 35.2 Å². The van der Waals surface area contributed by atoms with Crippen LogP contribution in [0.5, 0.6) is 0 Å². The molecule has 1 aromatic heterocycles. The highest BCUT2D eigenvalue weighted by atomic mass is 35.5. The summed E-state index contributed by atoms with van der Waals surface area (Å²) in [5, 5.41) is 5.38. The lowest BCUT2D eigenvalue weighted by molar-refractivity contribution is 0.0919.